The van der Waals surface area contributed by atoms with Gasteiger partial charge in [0.15, 0.2) is 5.69 Å². The molecule has 1 saturated heterocycles. The molecule has 1 aliphatic rings. The number of para-hydroxylation sites is 1. The molecule has 0 aliphatic carbocycles. The molecular formula is C19H22ClN3O4. The largest absolute Gasteiger partial charge is 0.481 e. The number of aliphatic carboxylic acids is 1. The van der Waals surface area contributed by atoms with Crippen molar-refractivity contribution >= 4 is 23.5 Å². The van der Waals surface area contributed by atoms with Gasteiger partial charge in [0, 0.05) is 32.0 Å². The molecule has 2 heterocycles. The maximum atomic E-state index is 13.0. The molecule has 0 saturated carbocycles. The van der Waals surface area contributed by atoms with Crippen LogP contribution in [0.25, 0.3) is 5.69 Å². The monoisotopic (exact) mass is 391 g/mol. The molecule has 1 unspecified atom stereocenters. The van der Waals surface area contributed by atoms with Gasteiger partial charge < -0.3 is 14.7 Å². The van der Waals surface area contributed by atoms with Crippen molar-refractivity contribution < 1.29 is 19.4 Å². The Morgan fingerprint density at radius 2 is 2.11 bits per heavy atom. The zero-order valence-electron chi connectivity index (χ0n) is 15.3. The van der Waals surface area contributed by atoms with E-state index in [1.165, 1.54) is 7.11 Å². The number of rotatable bonds is 5. The van der Waals surface area contributed by atoms with Crippen LogP contribution in [0.5, 0.6) is 0 Å². The van der Waals surface area contributed by atoms with Crippen molar-refractivity contribution in [3.8, 4) is 5.69 Å². The van der Waals surface area contributed by atoms with Crippen molar-refractivity contribution in [2.45, 2.75) is 19.8 Å². The van der Waals surface area contributed by atoms with Crippen LogP contribution in [0.1, 0.15) is 28.9 Å². The number of carboxylic acid groups (broad SMARTS) is 1. The van der Waals surface area contributed by atoms with Crippen LogP contribution in [-0.4, -0.2) is 58.5 Å². The summed E-state index contributed by atoms with van der Waals surface area (Å²) in [6, 6.07) is 7.24. The standard InChI is InChI=1S/C19H22ClN3O4/c1-13-10-23(15-7-4-3-6-14(15)20)21-16(13)17(24)22-9-5-8-19(11-22,12-27-2)18(25)26/h3-4,6-7,10H,5,8-9,11-12H2,1-2H3,(H,25,26). The first-order valence-electron chi connectivity index (χ1n) is 8.71. The number of piperidine rings is 1. The van der Waals surface area contributed by atoms with Crippen LogP contribution in [-0.2, 0) is 9.53 Å². The fraction of sp³-hybridized carbons (Fsp3) is 0.421. The molecule has 0 spiro atoms. The van der Waals surface area contributed by atoms with Gasteiger partial charge in [-0.3, -0.25) is 9.59 Å². The predicted molar refractivity (Wildman–Crippen MR) is 100 cm³/mol. The lowest BCUT2D eigenvalue weighted by Gasteiger charge is -2.39. The second kappa shape index (κ2) is 7.70. The van der Waals surface area contributed by atoms with E-state index in [1.807, 2.05) is 18.2 Å². The zero-order valence-corrected chi connectivity index (χ0v) is 16.1. The summed E-state index contributed by atoms with van der Waals surface area (Å²) in [5.74, 6) is -1.22. The summed E-state index contributed by atoms with van der Waals surface area (Å²) in [6.07, 6.45) is 2.83. The Labute approximate surface area is 162 Å². The molecule has 0 radical (unpaired) electrons. The first-order valence-corrected chi connectivity index (χ1v) is 9.08. The molecule has 3 rings (SSSR count). The number of carbonyl (C=O) groups is 2. The third-order valence-electron chi connectivity index (χ3n) is 4.94. The number of likely N-dealkylation sites (tertiary alicyclic amines) is 1. The number of methoxy groups -OCH3 is 1. The van der Waals surface area contributed by atoms with Gasteiger partial charge in [0.2, 0.25) is 0 Å². The van der Waals surface area contributed by atoms with Crippen LogP contribution in [0, 0.1) is 12.3 Å². The minimum absolute atomic E-state index is 0.0686. The maximum Gasteiger partial charge on any atom is 0.313 e. The second-order valence-corrected chi connectivity index (χ2v) is 7.31. The van der Waals surface area contributed by atoms with Gasteiger partial charge in [-0.05, 0) is 31.9 Å². The van der Waals surface area contributed by atoms with Gasteiger partial charge in [0.25, 0.3) is 5.91 Å². The van der Waals surface area contributed by atoms with E-state index >= 15 is 0 Å². The predicted octanol–water partition coefficient (Wildman–Crippen LogP) is 2.79. The number of aryl methyl sites for hydroxylation is 1. The lowest BCUT2D eigenvalue weighted by molar-refractivity contribution is -0.155. The number of aromatic nitrogens is 2. The van der Waals surface area contributed by atoms with Crippen LogP contribution in [0.3, 0.4) is 0 Å². The van der Waals surface area contributed by atoms with E-state index in [2.05, 4.69) is 5.10 Å². The van der Waals surface area contributed by atoms with Crippen molar-refractivity contribution in [1.29, 1.82) is 0 Å². The van der Waals surface area contributed by atoms with Crippen molar-refractivity contribution in [2.24, 2.45) is 5.41 Å². The Bertz CT molecular complexity index is 862. The van der Waals surface area contributed by atoms with Gasteiger partial charge in [0.1, 0.15) is 5.41 Å². The highest BCUT2D eigenvalue weighted by atomic mass is 35.5. The molecule has 0 bridgehead atoms. The van der Waals surface area contributed by atoms with Gasteiger partial charge in [-0.1, -0.05) is 23.7 Å². The van der Waals surface area contributed by atoms with E-state index in [0.717, 1.165) is 0 Å². The maximum absolute atomic E-state index is 13.0. The normalized spacial score (nSPS) is 19.9. The topological polar surface area (TPSA) is 84.7 Å². The van der Waals surface area contributed by atoms with Crippen molar-refractivity contribution in [3.63, 3.8) is 0 Å². The zero-order chi connectivity index (χ0) is 19.6. The van der Waals surface area contributed by atoms with E-state index in [-0.39, 0.29) is 19.1 Å². The highest BCUT2D eigenvalue weighted by molar-refractivity contribution is 6.32. The van der Waals surface area contributed by atoms with Gasteiger partial charge in [-0.15, -0.1) is 0 Å². The summed E-state index contributed by atoms with van der Waals surface area (Å²) < 4.78 is 6.70. The van der Waals surface area contributed by atoms with E-state index in [1.54, 1.807) is 28.8 Å². The third-order valence-corrected chi connectivity index (χ3v) is 5.26. The minimum Gasteiger partial charge on any atom is -0.481 e. The number of hydrogen-bond donors (Lipinski definition) is 1. The molecule has 1 atom stereocenters. The Morgan fingerprint density at radius 1 is 1.37 bits per heavy atom. The van der Waals surface area contributed by atoms with Crippen molar-refractivity contribution in [2.75, 3.05) is 26.8 Å². The van der Waals surface area contributed by atoms with Crippen molar-refractivity contribution in [1.82, 2.24) is 14.7 Å². The number of nitrogens with zero attached hydrogens (tertiary/aromatic N) is 3. The molecule has 1 fully saturated rings. The number of ether oxygens (including phenoxy) is 1. The molecule has 2 aromatic rings. The Balaban J connectivity index is 1.88. The Morgan fingerprint density at radius 3 is 2.78 bits per heavy atom. The van der Waals surface area contributed by atoms with E-state index < -0.39 is 11.4 Å². The van der Waals surface area contributed by atoms with E-state index in [9.17, 15) is 14.7 Å². The van der Waals surface area contributed by atoms with Crippen LogP contribution < -0.4 is 0 Å². The SMILES string of the molecule is COCC1(C(=O)O)CCCN(C(=O)c2nn(-c3ccccc3Cl)cc2C)C1. The minimum atomic E-state index is -1.08. The van der Waals surface area contributed by atoms with Crippen molar-refractivity contribution in [3.05, 3.63) is 46.7 Å². The smallest absolute Gasteiger partial charge is 0.313 e. The number of carboxylic acids is 1. The summed E-state index contributed by atoms with van der Waals surface area (Å²) in [5, 5.41) is 14.6. The lowest BCUT2D eigenvalue weighted by atomic mass is 9.80. The Hall–Kier alpha value is -2.38. The molecule has 8 heteroatoms. The van der Waals surface area contributed by atoms with Gasteiger partial charge in [-0.25, -0.2) is 4.68 Å². The molecule has 1 aromatic carbocycles. The van der Waals surface area contributed by atoms with Crippen LogP contribution in [0.15, 0.2) is 30.5 Å². The first-order chi connectivity index (χ1) is 12.9. The summed E-state index contributed by atoms with van der Waals surface area (Å²) in [7, 11) is 1.47. The average molecular weight is 392 g/mol. The van der Waals surface area contributed by atoms with Gasteiger partial charge >= 0.3 is 5.97 Å². The van der Waals surface area contributed by atoms with Gasteiger partial charge in [0.05, 0.1) is 17.3 Å². The fourth-order valence-electron chi connectivity index (χ4n) is 3.52. The molecule has 27 heavy (non-hydrogen) atoms. The highest BCUT2D eigenvalue weighted by Gasteiger charge is 2.44. The highest BCUT2D eigenvalue weighted by Crippen LogP contribution is 2.32. The third kappa shape index (κ3) is 3.70. The number of benzene rings is 1. The summed E-state index contributed by atoms with van der Waals surface area (Å²) >= 11 is 6.22. The fourth-order valence-corrected chi connectivity index (χ4v) is 3.74. The van der Waals surface area contributed by atoms with Crippen LogP contribution in [0.2, 0.25) is 5.02 Å². The molecule has 7 nitrogen and oxygen atoms in total. The van der Waals surface area contributed by atoms with E-state index in [0.29, 0.717) is 41.4 Å². The molecule has 1 aromatic heterocycles. The molecule has 1 aliphatic heterocycles. The summed E-state index contributed by atoms with van der Waals surface area (Å²) in [5.41, 5.74) is 0.605. The molecule has 144 valence electrons. The first kappa shape index (κ1) is 19.4. The number of halogens is 1. The molecule has 1 amide bonds. The van der Waals surface area contributed by atoms with Gasteiger partial charge in [-0.2, -0.15) is 5.10 Å². The Kier molecular flexibility index (Phi) is 5.53. The second-order valence-electron chi connectivity index (χ2n) is 6.91. The van der Waals surface area contributed by atoms with Crippen LogP contribution in [0.4, 0.5) is 0 Å². The number of carbonyl (C=O) groups excluding carboxylic acids is 1. The lowest BCUT2D eigenvalue weighted by Crippen LogP contribution is -2.52. The summed E-state index contributed by atoms with van der Waals surface area (Å²) in [4.78, 5) is 26.4. The van der Waals surface area contributed by atoms with Crippen LogP contribution >= 0.6 is 11.6 Å². The number of hydrogen-bond acceptors (Lipinski definition) is 4. The quantitative estimate of drug-likeness (QED) is 0.847. The summed E-state index contributed by atoms with van der Waals surface area (Å²) in [6.45, 7) is 2.47. The molecule has 1 N–H and O–H groups in total. The average Bonchev–Trinajstić information content (AvgIpc) is 3.03. The molecular weight excluding hydrogens is 370 g/mol. The van der Waals surface area contributed by atoms with E-state index in [4.69, 9.17) is 16.3 Å². The number of amides is 1.